The molecule has 2 N–H and O–H groups in total. The molecule has 15 heavy (non-hydrogen) atoms. The van der Waals surface area contributed by atoms with Gasteiger partial charge in [-0.2, -0.15) is 0 Å². The molecule has 0 spiro atoms. The van der Waals surface area contributed by atoms with Gasteiger partial charge in [-0.3, -0.25) is 4.98 Å². The van der Waals surface area contributed by atoms with Crippen molar-refractivity contribution in [3.63, 3.8) is 0 Å². The lowest BCUT2D eigenvalue weighted by Crippen LogP contribution is -2.05. The largest absolute Gasteiger partial charge is 0.334 e. The number of imidazole rings is 1. The van der Waals surface area contributed by atoms with Gasteiger partial charge in [-0.15, -0.1) is 0 Å². The van der Waals surface area contributed by atoms with E-state index < -0.39 is 0 Å². The normalized spacial score (nSPS) is 10.6. The summed E-state index contributed by atoms with van der Waals surface area (Å²) in [5.41, 5.74) is 8.72. The Morgan fingerprint density at radius 2 is 2.27 bits per heavy atom. The minimum atomic E-state index is 0.456. The van der Waals surface area contributed by atoms with E-state index in [2.05, 4.69) is 9.97 Å². The van der Waals surface area contributed by atoms with E-state index in [1.165, 1.54) is 0 Å². The maximum absolute atomic E-state index is 5.61. The Hall–Kier alpha value is -1.68. The maximum Gasteiger partial charge on any atom is 0.123 e. The van der Waals surface area contributed by atoms with E-state index in [9.17, 15) is 0 Å². The number of hydrogen-bond donors (Lipinski definition) is 1. The summed E-state index contributed by atoms with van der Waals surface area (Å²) in [4.78, 5) is 8.58. The van der Waals surface area contributed by atoms with Gasteiger partial charge in [-0.05, 0) is 19.1 Å². The molecule has 0 unspecified atom stereocenters. The van der Waals surface area contributed by atoms with E-state index in [1.54, 1.807) is 6.20 Å². The van der Waals surface area contributed by atoms with Crippen LogP contribution in [0, 0.1) is 6.92 Å². The Morgan fingerprint density at radius 3 is 2.80 bits per heavy atom. The van der Waals surface area contributed by atoms with Crippen LogP contribution in [0.4, 0.5) is 0 Å². The summed E-state index contributed by atoms with van der Waals surface area (Å²) in [6, 6.07) is 3.91. The van der Waals surface area contributed by atoms with Crippen LogP contribution in [-0.2, 0) is 13.6 Å². The summed E-state index contributed by atoms with van der Waals surface area (Å²) in [7, 11) is 1.98. The second-order valence-electron chi connectivity index (χ2n) is 3.47. The smallest absolute Gasteiger partial charge is 0.123 e. The first kappa shape index (κ1) is 9.86. The van der Waals surface area contributed by atoms with E-state index in [4.69, 9.17) is 5.73 Å². The summed E-state index contributed by atoms with van der Waals surface area (Å²) in [6.07, 6.45) is 3.57. The number of aromatic nitrogens is 3. The molecule has 0 saturated heterocycles. The molecule has 0 amide bonds. The van der Waals surface area contributed by atoms with E-state index in [0.29, 0.717) is 6.54 Å². The number of nitrogens with two attached hydrogens (primary N) is 1. The lowest BCUT2D eigenvalue weighted by Gasteiger charge is -1.99. The highest BCUT2D eigenvalue weighted by Crippen LogP contribution is 2.21. The summed E-state index contributed by atoms with van der Waals surface area (Å²) >= 11 is 0. The first-order valence-electron chi connectivity index (χ1n) is 4.86. The van der Waals surface area contributed by atoms with Gasteiger partial charge in [0.2, 0.25) is 0 Å². The molecule has 4 nitrogen and oxygen atoms in total. The molecule has 2 aromatic heterocycles. The maximum atomic E-state index is 5.61. The van der Waals surface area contributed by atoms with Crippen molar-refractivity contribution in [1.29, 1.82) is 0 Å². The van der Waals surface area contributed by atoms with Gasteiger partial charge in [-0.1, -0.05) is 0 Å². The fourth-order valence-corrected chi connectivity index (χ4v) is 1.60. The van der Waals surface area contributed by atoms with Crippen LogP contribution in [0.2, 0.25) is 0 Å². The molecule has 78 valence electrons. The van der Waals surface area contributed by atoms with Crippen LogP contribution < -0.4 is 5.73 Å². The standard InChI is InChI=1S/C11H14N4/c1-8-11(9-4-3-5-13-7-9)14-10(6-12)15(8)2/h3-5,7H,6,12H2,1-2H3. The molecule has 2 rings (SSSR count). The Labute approximate surface area is 88.8 Å². The Balaban J connectivity index is 2.55. The molecular weight excluding hydrogens is 188 g/mol. The van der Waals surface area contributed by atoms with Crippen molar-refractivity contribution in [2.75, 3.05) is 0 Å². The van der Waals surface area contributed by atoms with Crippen molar-refractivity contribution in [2.24, 2.45) is 12.8 Å². The number of nitrogens with zero attached hydrogens (tertiary/aromatic N) is 3. The van der Waals surface area contributed by atoms with Crippen LogP contribution in [0.25, 0.3) is 11.3 Å². The lowest BCUT2D eigenvalue weighted by molar-refractivity contribution is 0.774. The quantitative estimate of drug-likeness (QED) is 0.797. The fraction of sp³-hybridized carbons (Fsp3) is 0.273. The Bertz CT molecular complexity index is 459. The molecule has 0 atom stereocenters. The minimum Gasteiger partial charge on any atom is -0.334 e. The van der Waals surface area contributed by atoms with Crippen LogP contribution in [0.5, 0.6) is 0 Å². The molecule has 2 heterocycles. The minimum absolute atomic E-state index is 0.456. The second kappa shape index (κ2) is 3.82. The van der Waals surface area contributed by atoms with Crippen molar-refractivity contribution >= 4 is 0 Å². The fourth-order valence-electron chi connectivity index (χ4n) is 1.60. The molecule has 2 aromatic rings. The predicted molar refractivity (Wildman–Crippen MR) is 59.1 cm³/mol. The number of hydrogen-bond acceptors (Lipinski definition) is 3. The average Bonchev–Trinajstić information content (AvgIpc) is 2.57. The van der Waals surface area contributed by atoms with Crippen molar-refractivity contribution in [3.8, 4) is 11.3 Å². The van der Waals surface area contributed by atoms with Crippen LogP contribution in [0.15, 0.2) is 24.5 Å². The molecule has 0 saturated carbocycles. The highest BCUT2D eigenvalue weighted by molar-refractivity contribution is 5.60. The number of pyridine rings is 1. The summed E-state index contributed by atoms with van der Waals surface area (Å²) in [5.74, 6) is 0.895. The molecule has 0 aliphatic rings. The highest BCUT2D eigenvalue weighted by atomic mass is 15.1. The monoisotopic (exact) mass is 202 g/mol. The molecular formula is C11H14N4. The first-order chi connectivity index (χ1) is 7.24. The highest BCUT2D eigenvalue weighted by Gasteiger charge is 2.11. The van der Waals surface area contributed by atoms with Gasteiger partial charge in [0.05, 0.1) is 12.2 Å². The molecule has 0 aromatic carbocycles. The topological polar surface area (TPSA) is 56.7 Å². The zero-order valence-corrected chi connectivity index (χ0v) is 8.94. The third-order valence-electron chi connectivity index (χ3n) is 2.59. The van der Waals surface area contributed by atoms with E-state index in [0.717, 1.165) is 22.8 Å². The van der Waals surface area contributed by atoms with Gasteiger partial charge < -0.3 is 10.3 Å². The van der Waals surface area contributed by atoms with Gasteiger partial charge in [0.25, 0.3) is 0 Å². The molecule has 0 bridgehead atoms. The van der Waals surface area contributed by atoms with Gasteiger partial charge in [0.15, 0.2) is 0 Å². The van der Waals surface area contributed by atoms with Crippen LogP contribution in [0.1, 0.15) is 11.5 Å². The van der Waals surface area contributed by atoms with Gasteiger partial charge in [0, 0.05) is 30.7 Å². The van der Waals surface area contributed by atoms with Crippen molar-refractivity contribution in [2.45, 2.75) is 13.5 Å². The molecule has 0 aliphatic carbocycles. The molecule has 4 heteroatoms. The summed E-state index contributed by atoms with van der Waals surface area (Å²) < 4.78 is 2.02. The molecule has 0 fully saturated rings. The van der Waals surface area contributed by atoms with E-state index in [1.807, 2.05) is 36.9 Å². The summed E-state index contributed by atoms with van der Waals surface area (Å²) in [6.45, 7) is 2.49. The van der Waals surface area contributed by atoms with Crippen molar-refractivity contribution in [1.82, 2.24) is 14.5 Å². The van der Waals surface area contributed by atoms with Gasteiger partial charge in [0.1, 0.15) is 5.82 Å². The van der Waals surface area contributed by atoms with Crippen LogP contribution in [0.3, 0.4) is 0 Å². The van der Waals surface area contributed by atoms with Crippen molar-refractivity contribution in [3.05, 3.63) is 36.0 Å². The lowest BCUT2D eigenvalue weighted by atomic mass is 10.2. The second-order valence-corrected chi connectivity index (χ2v) is 3.47. The molecule has 0 aliphatic heterocycles. The average molecular weight is 202 g/mol. The van der Waals surface area contributed by atoms with E-state index >= 15 is 0 Å². The van der Waals surface area contributed by atoms with E-state index in [-0.39, 0.29) is 0 Å². The van der Waals surface area contributed by atoms with Crippen LogP contribution in [-0.4, -0.2) is 14.5 Å². The third kappa shape index (κ3) is 1.64. The summed E-state index contributed by atoms with van der Waals surface area (Å²) in [5, 5.41) is 0. The SMILES string of the molecule is Cc1c(-c2cccnc2)nc(CN)n1C. The van der Waals surface area contributed by atoms with Gasteiger partial charge >= 0.3 is 0 Å². The van der Waals surface area contributed by atoms with Crippen molar-refractivity contribution < 1.29 is 0 Å². The predicted octanol–water partition coefficient (Wildman–Crippen LogP) is 1.25. The number of rotatable bonds is 2. The Kier molecular flexibility index (Phi) is 2.51. The van der Waals surface area contributed by atoms with Crippen LogP contribution >= 0.6 is 0 Å². The third-order valence-corrected chi connectivity index (χ3v) is 2.59. The first-order valence-corrected chi connectivity index (χ1v) is 4.86. The zero-order chi connectivity index (χ0) is 10.8. The Morgan fingerprint density at radius 1 is 1.47 bits per heavy atom. The van der Waals surface area contributed by atoms with Gasteiger partial charge in [-0.25, -0.2) is 4.98 Å². The zero-order valence-electron chi connectivity index (χ0n) is 8.94. The molecule has 0 radical (unpaired) electrons.